The Morgan fingerprint density at radius 3 is 2.11 bits per heavy atom. The fourth-order valence-corrected chi connectivity index (χ4v) is 9.74. The van der Waals surface area contributed by atoms with Crippen molar-refractivity contribution in [2.45, 2.75) is 88.4 Å². The molecule has 0 saturated carbocycles. The quantitative estimate of drug-likeness (QED) is 0.0799. The first kappa shape index (κ1) is 43.5. The maximum atomic E-state index is 12.0. The molecule has 0 spiro atoms. The average molecular weight is 852 g/mol. The zero-order valence-corrected chi connectivity index (χ0v) is 34.9. The summed E-state index contributed by atoms with van der Waals surface area (Å²) in [5.41, 5.74) is 5.24. The van der Waals surface area contributed by atoms with E-state index < -0.39 is 52.9 Å². The Bertz CT molecular complexity index is 2430. The lowest BCUT2D eigenvalue weighted by Crippen LogP contribution is -2.28. The third-order valence-corrected chi connectivity index (χ3v) is 13.7. The second-order valence-electron chi connectivity index (χ2n) is 15.4. The van der Waals surface area contributed by atoms with Crippen LogP contribution in [-0.4, -0.2) is 84.9 Å². The van der Waals surface area contributed by atoms with Gasteiger partial charge < -0.3 is 10.0 Å². The number of hydrogen-bond acceptors (Lipinski definition) is 8. The van der Waals surface area contributed by atoms with Gasteiger partial charge in [0.25, 0.3) is 30.4 Å². The molecule has 56 heavy (non-hydrogen) atoms. The van der Waals surface area contributed by atoms with Crippen LogP contribution in [0.25, 0.3) is 0 Å². The van der Waals surface area contributed by atoms with Crippen LogP contribution in [0.4, 0.5) is 11.4 Å². The van der Waals surface area contributed by atoms with Gasteiger partial charge in [-0.1, -0.05) is 37.6 Å². The van der Waals surface area contributed by atoms with E-state index in [2.05, 4.69) is 4.58 Å². The van der Waals surface area contributed by atoms with Crippen LogP contribution < -0.4 is 4.90 Å². The Morgan fingerprint density at radius 1 is 0.821 bits per heavy atom. The van der Waals surface area contributed by atoms with Crippen molar-refractivity contribution in [2.75, 3.05) is 29.5 Å². The van der Waals surface area contributed by atoms with Gasteiger partial charge in [-0.25, -0.2) is 4.79 Å². The molecule has 0 bridgehead atoms. The Hall–Kier alpha value is -3.64. The largest absolute Gasteiger partial charge is 0.478 e. The van der Waals surface area contributed by atoms with Gasteiger partial charge in [0.2, 0.25) is 5.69 Å². The highest BCUT2D eigenvalue weighted by molar-refractivity contribution is 7.86. The van der Waals surface area contributed by atoms with E-state index in [9.17, 15) is 48.8 Å². The number of nitrogens with zero attached hydrogens (tertiary/aromatic N) is 2. The van der Waals surface area contributed by atoms with Gasteiger partial charge in [0.15, 0.2) is 5.71 Å². The van der Waals surface area contributed by atoms with E-state index in [-0.39, 0.29) is 29.1 Å². The summed E-state index contributed by atoms with van der Waals surface area (Å²) in [5, 5.41) is 10.3. The van der Waals surface area contributed by atoms with Crippen LogP contribution in [0.3, 0.4) is 0 Å². The first-order valence-corrected chi connectivity index (χ1v) is 23.3. The third-order valence-electron chi connectivity index (χ3n) is 10.7. The van der Waals surface area contributed by atoms with Gasteiger partial charge >= 0.3 is 5.97 Å². The number of halogens is 1. The first-order valence-electron chi connectivity index (χ1n) is 18.2. The minimum absolute atomic E-state index is 0.152. The summed E-state index contributed by atoms with van der Waals surface area (Å²) < 4.78 is 99.9. The molecule has 5 rings (SSSR count). The van der Waals surface area contributed by atoms with Crippen molar-refractivity contribution in [3.8, 4) is 0 Å². The first-order chi connectivity index (χ1) is 25.9. The van der Waals surface area contributed by atoms with Gasteiger partial charge in [-0.05, 0) is 105 Å². The number of anilines is 1. The molecule has 0 atom stereocenters. The number of carboxylic acids is 1. The van der Waals surface area contributed by atoms with Gasteiger partial charge in [-0.15, -0.1) is 0 Å². The highest BCUT2D eigenvalue weighted by atomic mass is 35.5. The number of benzene rings is 2. The molecule has 1 aliphatic carbocycles. The van der Waals surface area contributed by atoms with E-state index >= 15 is 0 Å². The summed E-state index contributed by atoms with van der Waals surface area (Å²) in [6.45, 7) is 8.67. The Balaban J connectivity index is 1.51. The van der Waals surface area contributed by atoms with Crippen LogP contribution in [-0.2, 0) is 41.2 Å². The number of rotatable bonds is 15. The molecule has 0 unspecified atom stereocenters. The van der Waals surface area contributed by atoms with E-state index in [4.69, 9.17) is 11.6 Å². The predicted molar refractivity (Wildman–Crippen MR) is 216 cm³/mol. The molecule has 304 valence electrons. The molecular weight excluding hydrogens is 804 g/mol. The zero-order chi connectivity index (χ0) is 41.4. The Labute approximate surface area is 334 Å². The molecule has 0 radical (unpaired) electrons. The molecule has 2 aromatic rings. The van der Waals surface area contributed by atoms with Crippen LogP contribution in [0.15, 0.2) is 87.5 Å². The zero-order valence-electron chi connectivity index (χ0n) is 31.7. The van der Waals surface area contributed by atoms with Crippen molar-refractivity contribution in [3.05, 3.63) is 99.3 Å². The molecule has 3 aliphatic rings. The fourth-order valence-electron chi connectivity index (χ4n) is 7.78. The highest BCUT2D eigenvalue weighted by Gasteiger charge is 2.45. The van der Waals surface area contributed by atoms with E-state index in [1.54, 1.807) is 24.3 Å². The molecule has 2 heterocycles. The molecule has 0 saturated heterocycles. The van der Waals surface area contributed by atoms with Crippen molar-refractivity contribution < 1.29 is 53.4 Å². The summed E-state index contributed by atoms with van der Waals surface area (Å²) in [4.78, 5) is 13.6. The smallest absolute Gasteiger partial charge is 0.335 e. The summed E-state index contributed by atoms with van der Waals surface area (Å²) in [6, 6.07) is 9.35. The van der Waals surface area contributed by atoms with Crippen molar-refractivity contribution in [3.63, 3.8) is 0 Å². The maximum absolute atomic E-state index is 12.0. The number of aromatic carboxylic acids is 1. The van der Waals surface area contributed by atoms with Crippen LogP contribution in [0.5, 0.6) is 0 Å². The molecule has 0 aromatic heterocycles. The van der Waals surface area contributed by atoms with E-state index in [0.717, 1.165) is 40.2 Å². The third kappa shape index (κ3) is 9.72. The van der Waals surface area contributed by atoms with E-state index in [1.165, 1.54) is 12.1 Å². The highest BCUT2D eigenvalue weighted by Crippen LogP contribution is 2.49. The number of allylic oxidation sites excluding steroid dienone is 8. The Kier molecular flexibility index (Phi) is 12.7. The minimum atomic E-state index is -4.48. The normalized spacial score (nSPS) is 19.8. The second kappa shape index (κ2) is 16.3. The van der Waals surface area contributed by atoms with Crippen LogP contribution in [0, 0.1) is 0 Å². The van der Waals surface area contributed by atoms with Crippen molar-refractivity contribution in [2.24, 2.45) is 0 Å². The van der Waals surface area contributed by atoms with Crippen molar-refractivity contribution in [1.82, 2.24) is 0 Å². The lowest BCUT2D eigenvalue weighted by Gasteiger charge is -2.27. The predicted octanol–water partition coefficient (Wildman–Crippen LogP) is 7.18. The van der Waals surface area contributed by atoms with Gasteiger partial charge in [0.1, 0.15) is 6.54 Å². The molecule has 13 nitrogen and oxygen atoms in total. The van der Waals surface area contributed by atoms with Crippen LogP contribution >= 0.6 is 11.6 Å². The lowest BCUT2D eigenvalue weighted by molar-refractivity contribution is -0.438. The standard InChI is InChI=1S/C39H47ClN2O11S3/c1-38(2)30-24-28(37(43)44)12-16-32(30)41(20-5-7-22-54(45,46)47)34(38)18-13-26-10-9-11-27(36(26)40)14-19-35-39(3,4)31-25-29(56(51,52)53)15-17-33(31)42(35)21-6-8-23-55(48,49)50/h12-19,24-25H,5-11,20-23H2,1-4H3,(H3-,43,44,45,46,47,48,49,50,51,52,53)/p+1. The number of unbranched alkanes of at least 4 members (excludes halogenated alkanes) is 2. The molecule has 2 aromatic carbocycles. The summed E-state index contributed by atoms with van der Waals surface area (Å²) in [7, 11) is -12.7. The topological polar surface area (TPSA) is 207 Å². The maximum Gasteiger partial charge on any atom is 0.335 e. The Morgan fingerprint density at radius 2 is 1.48 bits per heavy atom. The molecule has 0 amide bonds. The van der Waals surface area contributed by atoms with E-state index in [1.807, 2.05) is 56.9 Å². The SMILES string of the molecule is CC1(C)C(/C=C/C2=C(Cl)C(=C/C=C3/N(CCCCS(=O)(=O)O)c4ccc(S(=O)(=O)O)cc4C3(C)C)/CCC2)=[N+](CCCCS(=O)(=O)O)c2ccc(C(=O)O)cc21. The molecular formula is C39H48ClN2O11S3+. The van der Waals surface area contributed by atoms with E-state index in [0.29, 0.717) is 55.1 Å². The summed E-state index contributed by atoms with van der Waals surface area (Å²) in [6.07, 6.45) is 11.3. The minimum Gasteiger partial charge on any atom is -0.478 e. The summed E-state index contributed by atoms with van der Waals surface area (Å²) >= 11 is 7.10. The second-order valence-corrected chi connectivity index (χ2v) is 20.3. The lowest BCUT2D eigenvalue weighted by atomic mass is 9.80. The molecule has 0 fully saturated rings. The summed E-state index contributed by atoms with van der Waals surface area (Å²) in [5.74, 6) is -1.81. The number of hydrogen-bond donors (Lipinski definition) is 4. The number of fused-ring (bicyclic) bond motifs is 2. The van der Waals surface area contributed by atoms with Gasteiger partial charge in [0, 0.05) is 52.5 Å². The monoisotopic (exact) mass is 851 g/mol. The van der Waals surface area contributed by atoms with Crippen LogP contribution in [0.1, 0.15) is 94.1 Å². The molecule has 4 N–H and O–H groups in total. The molecule has 17 heteroatoms. The average Bonchev–Trinajstić information content (AvgIpc) is 3.43. The van der Waals surface area contributed by atoms with Gasteiger partial charge in [-0.3, -0.25) is 13.7 Å². The van der Waals surface area contributed by atoms with Gasteiger partial charge in [0.05, 0.1) is 27.4 Å². The number of carboxylic acid groups (broad SMARTS) is 1. The molecule has 2 aliphatic heterocycles. The van der Waals surface area contributed by atoms with Crippen LogP contribution in [0.2, 0.25) is 0 Å². The van der Waals surface area contributed by atoms with Gasteiger partial charge in [-0.2, -0.15) is 29.8 Å². The van der Waals surface area contributed by atoms with Crippen molar-refractivity contribution in [1.29, 1.82) is 0 Å². The van der Waals surface area contributed by atoms with Crippen molar-refractivity contribution >= 4 is 65.0 Å². The fraction of sp³-hybridized carbons (Fsp3) is 0.436. The number of carbonyl (C=O) groups is 1.